The van der Waals surface area contributed by atoms with Crippen LogP contribution < -0.4 is 5.32 Å². The summed E-state index contributed by atoms with van der Waals surface area (Å²) in [4.78, 5) is 12.4. The molecule has 0 radical (unpaired) electrons. The van der Waals surface area contributed by atoms with E-state index in [1.165, 1.54) is 6.42 Å². The Labute approximate surface area is 116 Å². The smallest absolute Gasteiger partial charge is 0.214 e. The van der Waals surface area contributed by atoms with E-state index in [1.807, 2.05) is 12.1 Å². The van der Waals surface area contributed by atoms with Crippen LogP contribution in [-0.4, -0.2) is 18.4 Å². The molecule has 0 spiro atoms. The maximum absolute atomic E-state index is 12.4. The largest absolute Gasteiger partial charge is 0.451 e. The second-order valence-corrected chi connectivity index (χ2v) is 5.40. The Balaban J connectivity index is 1.90. The molecule has 1 saturated heterocycles. The standard InChI is InChI=1S/C15H16ClNO2/c16-11-6-4-5-10-9-13(19-15(10)11)14(18)12-7-2-1-3-8-17-12/h4-6,9,12,17H,1-3,7-8H2. The van der Waals surface area contributed by atoms with Gasteiger partial charge in [-0.25, -0.2) is 0 Å². The Morgan fingerprint density at radius 1 is 1.32 bits per heavy atom. The van der Waals surface area contributed by atoms with Crippen LogP contribution in [0.25, 0.3) is 11.0 Å². The number of furan rings is 1. The van der Waals surface area contributed by atoms with Crippen molar-refractivity contribution >= 4 is 28.4 Å². The van der Waals surface area contributed by atoms with Gasteiger partial charge in [0.05, 0.1) is 11.1 Å². The highest BCUT2D eigenvalue weighted by atomic mass is 35.5. The van der Waals surface area contributed by atoms with Gasteiger partial charge in [-0.15, -0.1) is 0 Å². The fourth-order valence-corrected chi connectivity index (χ4v) is 2.79. The Kier molecular flexibility index (Phi) is 3.58. The van der Waals surface area contributed by atoms with E-state index < -0.39 is 0 Å². The molecular weight excluding hydrogens is 262 g/mol. The summed E-state index contributed by atoms with van der Waals surface area (Å²) < 4.78 is 5.63. The van der Waals surface area contributed by atoms with Crippen LogP contribution in [0.15, 0.2) is 28.7 Å². The van der Waals surface area contributed by atoms with Crippen molar-refractivity contribution in [3.8, 4) is 0 Å². The molecule has 0 amide bonds. The SMILES string of the molecule is O=C(c1cc2cccc(Cl)c2o1)C1CCCCCN1. The van der Waals surface area contributed by atoms with Crippen molar-refractivity contribution in [3.05, 3.63) is 35.0 Å². The van der Waals surface area contributed by atoms with Gasteiger partial charge < -0.3 is 9.73 Å². The van der Waals surface area contributed by atoms with Crippen molar-refractivity contribution < 1.29 is 9.21 Å². The fourth-order valence-electron chi connectivity index (χ4n) is 2.57. The fraction of sp³-hybridized carbons (Fsp3) is 0.400. The van der Waals surface area contributed by atoms with Gasteiger partial charge in [-0.05, 0) is 31.5 Å². The van der Waals surface area contributed by atoms with E-state index >= 15 is 0 Å². The number of nitrogens with one attached hydrogen (secondary N) is 1. The van der Waals surface area contributed by atoms with Crippen LogP contribution in [-0.2, 0) is 0 Å². The molecule has 1 unspecified atom stereocenters. The summed E-state index contributed by atoms with van der Waals surface area (Å²) in [6.45, 7) is 0.900. The molecule has 0 aliphatic carbocycles. The molecule has 1 atom stereocenters. The molecule has 1 aromatic heterocycles. The van der Waals surface area contributed by atoms with Gasteiger partial charge in [0.15, 0.2) is 11.3 Å². The molecule has 0 saturated carbocycles. The summed E-state index contributed by atoms with van der Waals surface area (Å²) in [6, 6.07) is 7.20. The molecule has 3 nitrogen and oxygen atoms in total. The molecule has 1 aromatic carbocycles. The van der Waals surface area contributed by atoms with Crippen molar-refractivity contribution in [2.75, 3.05) is 6.54 Å². The van der Waals surface area contributed by atoms with Crippen LogP contribution in [0.5, 0.6) is 0 Å². The number of carbonyl (C=O) groups is 1. The van der Waals surface area contributed by atoms with Gasteiger partial charge in [-0.1, -0.05) is 36.6 Å². The topological polar surface area (TPSA) is 42.2 Å². The first kappa shape index (κ1) is 12.7. The Hall–Kier alpha value is -1.32. The zero-order chi connectivity index (χ0) is 13.2. The molecule has 2 aromatic rings. The molecule has 1 aliphatic rings. The lowest BCUT2D eigenvalue weighted by Gasteiger charge is -2.12. The second kappa shape index (κ2) is 5.35. The summed E-state index contributed by atoms with van der Waals surface area (Å²) in [5, 5.41) is 4.72. The highest BCUT2D eigenvalue weighted by molar-refractivity contribution is 6.34. The molecule has 1 fully saturated rings. The minimum Gasteiger partial charge on any atom is -0.451 e. The predicted octanol–water partition coefficient (Wildman–Crippen LogP) is 3.80. The van der Waals surface area contributed by atoms with Gasteiger partial charge in [0.25, 0.3) is 0 Å². The van der Waals surface area contributed by atoms with E-state index in [-0.39, 0.29) is 11.8 Å². The van der Waals surface area contributed by atoms with Gasteiger partial charge in [0, 0.05) is 5.39 Å². The summed E-state index contributed by atoms with van der Waals surface area (Å²) in [6.07, 6.45) is 4.28. The lowest BCUT2D eigenvalue weighted by molar-refractivity contribution is 0.0915. The van der Waals surface area contributed by atoms with Gasteiger partial charge in [-0.2, -0.15) is 0 Å². The van der Waals surface area contributed by atoms with Crippen molar-refractivity contribution in [2.24, 2.45) is 0 Å². The average molecular weight is 278 g/mol. The lowest BCUT2D eigenvalue weighted by atomic mass is 10.0. The first-order valence-electron chi connectivity index (χ1n) is 6.71. The number of halogens is 1. The van der Waals surface area contributed by atoms with E-state index in [1.54, 1.807) is 12.1 Å². The average Bonchev–Trinajstić information content (AvgIpc) is 2.67. The van der Waals surface area contributed by atoms with Crippen LogP contribution in [0, 0.1) is 0 Å². The third-order valence-electron chi connectivity index (χ3n) is 3.62. The molecule has 0 bridgehead atoms. The minimum atomic E-state index is -0.123. The van der Waals surface area contributed by atoms with Crippen LogP contribution in [0.2, 0.25) is 5.02 Å². The van der Waals surface area contributed by atoms with Crippen LogP contribution in [0.4, 0.5) is 0 Å². The van der Waals surface area contributed by atoms with E-state index in [0.29, 0.717) is 16.4 Å². The number of hydrogen-bond donors (Lipinski definition) is 1. The number of Topliss-reactive ketones (excluding diaryl/α,β-unsaturated/α-hetero) is 1. The number of hydrogen-bond acceptors (Lipinski definition) is 3. The molecule has 1 N–H and O–H groups in total. The van der Waals surface area contributed by atoms with Crippen molar-refractivity contribution in [1.82, 2.24) is 5.32 Å². The van der Waals surface area contributed by atoms with Gasteiger partial charge in [0.2, 0.25) is 5.78 Å². The molecule has 100 valence electrons. The van der Waals surface area contributed by atoms with E-state index in [2.05, 4.69) is 5.32 Å². The van der Waals surface area contributed by atoms with Crippen molar-refractivity contribution in [2.45, 2.75) is 31.7 Å². The maximum Gasteiger partial charge on any atom is 0.214 e. The summed E-state index contributed by atoms with van der Waals surface area (Å²) in [7, 11) is 0. The molecule has 4 heteroatoms. The third-order valence-corrected chi connectivity index (χ3v) is 3.91. The van der Waals surface area contributed by atoms with Crippen LogP contribution in [0.1, 0.15) is 36.2 Å². The Morgan fingerprint density at radius 3 is 3.05 bits per heavy atom. The molecule has 2 heterocycles. The zero-order valence-electron chi connectivity index (χ0n) is 10.6. The van der Waals surface area contributed by atoms with Crippen LogP contribution in [0.3, 0.4) is 0 Å². The van der Waals surface area contributed by atoms with Crippen molar-refractivity contribution in [3.63, 3.8) is 0 Å². The lowest BCUT2D eigenvalue weighted by Crippen LogP contribution is -2.35. The summed E-state index contributed by atoms with van der Waals surface area (Å²) in [5.41, 5.74) is 0.598. The predicted molar refractivity (Wildman–Crippen MR) is 75.8 cm³/mol. The highest BCUT2D eigenvalue weighted by Gasteiger charge is 2.24. The minimum absolute atomic E-state index is 0.0363. The van der Waals surface area contributed by atoms with Gasteiger partial charge in [0.1, 0.15) is 0 Å². The Morgan fingerprint density at radius 2 is 2.21 bits per heavy atom. The van der Waals surface area contributed by atoms with Gasteiger partial charge >= 0.3 is 0 Å². The molecule has 3 rings (SSSR count). The van der Waals surface area contributed by atoms with Gasteiger partial charge in [-0.3, -0.25) is 4.79 Å². The van der Waals surface area contributed by atoms with Crippen molar-refractivity contribution in [1.29, 1.82) is 0 Å². The maximum atomic E-state index is 12.4. The van der Waals surface area contributed by atoms with E-state index in [0.717, 1.165) is 31.2 Å². The number of rotatable bonds is 2. The zero-order valence-corrected chi connectivity index (χ0v) is 11.4. The number of ketones is 1. The van der Waals surface area contributed by atoms with Crippen LogP contribution >= 0.6 is 11.6 Å². The number of carbonyl (C=O) groups excluding carboxylic acids is 1. The molecule has 1 aliphatic heterocycles. The first-order valence-corrected chi connectivity index (χ1v) is 7.09. The third kappa shape index (κ3) is 2.53. The number of para-hydroxylation sites is 1. The quantitative estimate of drug-likeness (QED) is 0.849. The number of fused-ring (bicyclic) bond motifs is 1. The monoisotopic (exact) mass is 277 g/mol. The molecular formula is C15H16ClNO2. The normalized spacial score (nSPS) is 20.4. The van der Waals surface area contributed by atoms with E-state index in [9.17, 15) is 4.79 Å². The number of benzene rings is 1. The second-order valence-electron chi connectivity index (χ2n) is 4.99. The molecule has 19 heavy (non-hydrogen) atoms. The Bertz CT molecular complexity index is 597. The highest BCUT2D eigenvalue weighted by Crippen LogP contribution is 2.27. The summed E-state index contributed by atoms with van der Waals surface area (Å²) in [5.74, 6) is 0.441. The summed E-state index contributed by atoms with van der Waals surface area (Å²) >= 11 is 6.07. The van der Waals surface area contributed by atoms with E-state index in [4.69, 9.17) is 16.0 Å². The first-order chi connectivity index (χ1) is 9.25.